The highest BCUT2D eigenvalue weighted by Gasteiger charge is 2.18. The summed E-state index contributed by atoms with van der Waals surface area (Å²) in [6.45, 7) is 4.25. The van der Waals surface area contributed by atoms with Gasteiger partial charge >= 0.3 is 0 Å². The van der Waals surface area contributed by atoms with Crippen molar-refractivity contribution in [3.05, 3.63) is 40.7 Å². The van der Waals surface area contributed by atoms with Crippen molar-refractivity contribution in [3.63, 3.8) is 0 Å². The maximum atomic E-state index is 13.1. The summed E-state index contributed by atoms with van der Waals surface area (Å²) < 4.78 is 13.1. The van der Waals surface area contributed by atoms with Gasteiger partial charge in [0.1, 0.15) is 5.82 Å². The number of nitrogens with zero attached hydrogens (tertiary/aromatic N) is 1. The first kappa shape index (κ1) is 17.7. The van der Waals surface area contributed by atoms with E-state index in [1.54, 1.807) is 17.0 Å². The van der Waals surface area contributed by atoms with E-state index in [0.29, 0.717) is 12.1 Å². The molecule has 0 aliphatic rings. The molecule has 3 nitrogen and oxygen atoms in total. The van der Waals surface area contributed by atoms with Crippen LogP contribution in [0.15, 0.2) is 24.3 Å². The second-order valence-corrected chi connectivity index (χ2v) is 5.14. The summed E-state index contributed by atoms with van der Waals surface area (Å²) >= 11 is 5.70. The summed E-state index contributed by atoms with van der Waals surface area (Å²) in [5.41, 5.74) is 0.656. The number of carbonyl (C=O) groups is 1. The van der Waals surface area contributed by atoms with Gasteiger partial charge in [-0.2, -0.15) is 0 Å². The van der Waals surface area contributed by atoms with Gasteiger partial charge in [-0.1, -0.05) is 31.5 Å². The van der Waals surface area contributed by atoms with Crippen LogP contribution in [-0.2, 0) is 4.79 Å². The van der Waals surface area contributed by atoms with Crippen LogP contribution < -0.4 is 0 Å². The molecule has 0 radical (unpaired) electrons. The van der Waals surface area contributed by atoms with Crippen molar-refractivity contribution in [3.8, 4) is 0 Å². The number of halogens is 2. The van der Waals surface area contributed by atoms with Gasteiger partial charge in [0, 0.05) is 18.7 Å². The van der Waals surface area contributed by atoms with E-state index in [-0.39, 0.29) is 23.6 Å². The first-order valence-electron chi connectivity index (χ1n) is 7.08. The number of hydrogen-bond acceptors (Lipinski definition) is 2. The minimum atomic E-state index is -0.487. The SMILES string of the molecule is CCC(CC)N(CCO)C(=O)C=Cc1ccc(F)c(Cl)c1. The van der Waals surface area contributed by atoms with Crippen LogP contribution in [0.2, 0.25) is 5.02 Å². The summed E-state index contributed by atoms with van der Waals surface area (Å²) in [6, 6.07) is 4.39. The molecule has 0 aliphatic carbocycles. The Morgan fingerprint density at radius 2 is 2.10 bits per heavy atom. The number of carbonyl (C=O) groups excluding carboxylic acids is 1. The van der Waals surface area contributed by atoms with Crippen LogP contribution in [0.4, 0.5) is 4.39 Å². The third-order valence-electron chi connectivity index (χ3n) is 3.37. The van der Waals surface area contributed by atoms with Gasteiger partial charge in [-0.25, -0.2) is 4.39 Å². The molecule has 116 valence electrons. The predicted octanol–water partition coefficient (Wildman–Crippen LogP) is 3.50. The van der Waals surface area contributed by atoms with Gasteiger partial charge in [-0.05, 0) is 36.6 Å². The van der Waals surface area contributed by atoms with Crippen molar-refractivity contribution >= 4 is 23.6 Å². The lowest BCUT2D eigenvalue weighted by atomic mass is 10.1. The highest BCUT2D eigenvalue weighted by molar-refractivity contribution is 6.30. The fourth-order valence-electron chi connectivity index (χ4n) is 2.19. The molecule has 1 aromatic rings. The van der Waals surface area contributed by atoms with Crippen molar-refractivity contribution in [1.29, 1.82) is 0 Å². The first-order valence-corrected chi connectivity index (χ1v) is 7.45. The fraction of sp³-hybridized carbons (Fsp3) is 0.438. The standard InChI is InChI=1S/C16H21ClFNO2/c1-3-13(4-2)19(9-10-20)16(21)8-6-12-5-7-15(18)14(17)11-12/h5-8,11,13,20H,3-4,9-10H2,1-2H3. The van der Waals surface area contributed by atoms with Crippen LogP contribution in [0.3, 0.4) is 0 Å². The quantitative estimate of drug-likeness (QED) is 0.783. The van der Waals surface area contributed by atoms with E-state index in [2.05, 4.69) is 0 Å². The minimum Gasteiger partial charge on any atom is -0.395 e. The second kappa shape index (κ2) is 8.80. The van der Waals surface area contributed by atoms with Gasteiger partial charge in [0.25, 0.3) is 0 Å². The number of benzene rings is 1. The number of hydrogen-bond donors (Lipinski definition) is 1. The molecule has 1 amide bonds. The molecule has 0 atom stereocenters. The molecule has 0 aliphatic heterocycles. The molecule has 0 saturated carbocycles. The molecular formula is C16H21ClFNO2. The summed E-state index contributed by atoms with van der Waals surface area (Å²) in [7, 11) is 0. The average Bonchev–Trinajstić information content (AvgIpc) is 2.48. The number of amides is 1. The molecule has 21 heavy (non-hydrogen) atoms. The van der Waals surface area contributed by atoms with Crippen molar-refractivity contribution < 1.29 is 14.3 Å². The molecular weight excluding hydrogens is 293 g/mol. The molecule has 1 rings (SSSR count). The smallest absolute Gasteiger partial charge is 0.246 e. The zero-order valence-corrected chi connectivity index (χ0v) is 13.1. The topological polar surface area (TPSA) is 40.5 Å². The van der Waals surface area contributed by atoms with Crippen molar-refractivity contribution in [2.45, 2.75) is 32.7 Å². The van der Waals surface area contributed by atoms with Gasteiger partial charge < -0.3 is 10.0 Å². The maximum absolute atomic E-state index is 13.1. The molecule has 0 saturated heterocycles. The lowest BCUT2D eigenvalue weighted by Gasteiger charge is -2.29. The van der Waals surface area contributed by atoms with Gasteiger partial charge in [-0.15, -0.1) is 0 Å². The largest absolute Gasteiger partial charge is 0.395 e. The Labute approximate surface area is 130 Å². The fourth-order valence-corrected chi connectivity index (χ4v) is 2.38. The van der Waals surface area contributed by atoms with Gasteiger partial charge in [-0.3, -0.25) is 4.79 Å². The summed E-state index contributed by atoms with van der Waals surface area (Å²) in [6.07, 6.45) is 4.69. The van der Waals surface area contributed by atoms with Crippen LogP contribution in [-0.4, -0.2) is 35.1 Å². The van der Waals surface area contributed by atoms with Gasteiger partial charge in [0.2, 0.25) is 5.91 Å². The van der Waals surface area contributed by atoms with E-state index in [0.717, 1.165) is 12.8 Å². The highest BCUT2D eigenvalue weighted by Crippen LogP contribution is 2.17. The zero-order chi connectivity index (χ0) is 15.8. The third kappa shape index (κ3) is 5.14. The summed E-state index contributed by atoms with van der Waals surface area (Å²) in [5.74, 6) is -0.655. The Balaban J connectivity index is 2.84. The van der Waals surface area contributed by atoms with E-state index in [4.69, 9.17) is 16.7 Å². The Morgan fingerprint density at radius 1 is 1.43 bits per heavy atom. The number of aliphatic hydroxyl groups excluding tert-OH is 1. The van der Waals surface area contributed by atoms with E-state index in [1.165, 1.54) is 18.2 Å². The Morgan fingerprint density at radius 3 is 2.62 bits per heavy atom. The predicted molar refractivity (Wildman–Crippen MR) is 83.6 cm³/mol. The van der Waals surface area contributed by atoms with E-state index < -0.39 is 5.82 Å². The monoisotopic (exact) mass is 313 g/mol. The Hall–Kier alpha value is -1.39. The molecule has 5 heteroatoms. The van der Waals surface area contributed by atoms with Crippen molar-refractivity contribution in [1.82, 2.24) is 4.90 Å². The normalized spacial score (nSPS) is 11.3. The molecule has 0 aromatic heterocycles. The lowest BCUT2D eigenvalue weighted by Crippen LogP contribution is -2.40. The number of aliphatic hydroxyl groups is 1. The molecule has 0 spiro atoms. The van der Waals surface area contributed by atoms with E-state index >= 15 is 0 Å². The molecule has 0 heterocycles. The molecule has 0 bridgehead atoms. The summed E-state index contributed by atoms with van der Waals surface area (Å²) in [5, 5.41) is 9.13. The minimum absolute atomic E-state index is 0.0248. The van der Waals surface area contributed by atoms with Crippen LogP contribution in [0.1, 0.15) is 32.3 Å². The van der Waals surface area contributed by atoms with Gasteiger partial charge in [0.05, 0.1) is 11.6 Å². The van der Waals surface area contributed by atoms with Crippen molar-refractivity contribution in [2.24, 2.45) is 0 Å². The molecule has 1 N–H and O–H groups in total. The van der Waals surface area contributed by atoms with Crippen LogP contribution in [0.5, 0.6) is 0 Å². The number of rotatable bonds is 7. The van der Waals surface area contributed by atoms with Gasteiger partial charge in [0.15, 0.2) is 0 Å². The van der Waals surface area contributed by atoms with Crippen LogP contribution in [0, 0.1) is 5.82 Å². The van der Waals surface area contributed by atoms with Crippen molar-refractivity contribution in [2.75, 3.05) is 13.2 Å². The third-order valence-corrected chi connectivity index (χ3v) is 3.66. The first-order chi connectivity index (χ1) is 10.0. The Kier molecular flexibility index (Phi) is 7.40. The summed E-state index contributed by atoms with van der Waals surface area (Å²) in [4.78, 5) is 13.9. The van der Waals surface area contributed by atoms with E-state index in [9.17, 15) is 9.18 Å². The zero-order valence-electron chi connectivity index (χ0n) is 12.4. The molecule has 1 aromatic carbocycles. The van der Waals surface area contributed by atoms with E-state index in [1.807, 2.05) is 13.8 Å². The lowest BCUT2D eigenvalue weighted by molar-refractivity contribution is -0.128. The Bertz CT molecular complexity index is 501. The average molecular weight is 314 g/mol. The van der Waals surface area contributed by atoms with Crippen LogP contribution in [0.25, 0.3) is 6.08 Å². The maximum Gasteiger partial charge on any atom is 0.246 e. The highest BCUT2D eigenvalue weighted by atomic mass is 35.5. The second-order valence-electron chi connectivity index (χ2n) is 4.73. The van der Waals surface area contributed by atoms with Crippen LogP contribution >= 0.6 is 11.6 Å². The molecule has 0 fully saturated rings. The molecule has 0 unspecified atom stereocenters.